The molecule has 0 saturated heterocycles. The van der Waals surface area contributed by atoms with Gasteiger partial charge in [0.2, 0.25) is 0 Å². The van der Waals surface area contributed by atoms with Crippen molar-refractivity contribution in [2.24, 2.45) is 0 Å². The maximum atomic E-state index is 11.8. The van der Waals surface area contributed by atoms with Gasteiger partial charge in [-0.2, -0.15) is 5.10 Å². The minimum Gasteiger partial charge on any atom is -0.267 e. The highest BCUT2D eigenvalue weighted by molar-refractivity contribution is 6.35. The fourth-order valence-electron chi connectivity index (χ4n) is 1.17. The van der Waals surface area contributed by atoms with Crippen LogP contribution in [0.25, 0.3) is 0 Å². The third-order valence-electron chi connectivity index (χ3n) is 1.87. The van der Waals surface area contributed by atoms with E-state index in [1.807, 2.05) is 0 Å². The van der Waals surface area contributed by atoms with Gasteiger partial charge in [0.25, 0.3) is 5.91 Å². The van der Waals surface area contributed by atoms with Gasteiger partial charge in [-0.25, -0.2) is 4.68 Å². The molecule has 15 heavy (non-hydrogen) atoms. The van der Waals surface area contributed by atoms with E-state index in [9.17, 15) is 4.79 Å². The third kappa shape index (κ3) is 2.03. The Morgan fingerprint density at radius 2 is 2.13 bits per heavy atom. The van der Waals surface area contributed by atoms with Crippen LogP contribution in [-0.2, 0) is 0 Å². The van der Waals surface area contributed by atoms with Gasteiger partial charge < -0.3 is 0 Å². The monoisotopic (exact) mass is 240 g/mol. The van der Waals surface area contributed by atoms with E-state index < -0.39 is 0 Å². The van der Waals surface area contributed by atoms with Crippen molar-refractivity contribution < 1.29 is 4.79 Å². The molecule has 1 aromatic carbocycles. The lowest BCUT2D eigenvalue weighted by atomic mass is 10.2. The summed E-state index contributed by atoms with van der Waals surface area (Å²) in [7, 11) is 0. The number of rotatable bonds is 1. The summed E-state index contributed by atoms with van der Waals surface area (Å²) in [5.41, 5.74) is 0.341. The first kappa shape index (κ1) is 10.2. The second kappa shape index (κ2) is 4.04. The molecule has 0 saturated carbocycles. The maximum Gasteiger partial charge on any atom is 0.279 e. The van der Waals surface area contributed by atoms with Crippen molar-refractivity contribution in [1.29, 1.82) is 0 Å². The van der Waals surface area contributed by atoms with E-state index in [0.29, 0.717) is 15.6 Å². The summed E-state index contributed by atoms with van der Waals surface area (Å²) >= 11 is 11.7. The number of nitrogens with zero attached hydrogens (tertiary/aromatic N) is 2. The van der Waals surface area contributed by atoms with Gasteiger partial charge in [-0.1, -0.05) is 23.2 Å². The molecule has 0 bridgehead atoms. The molecule has 1 aromatic heterocycles. The van der Waals surface area contributed by atoms with Crippen LogP contribution in [0.5, 0.6) is 0 Å². The SMILES string of the molecule is O=C(c1cc(Cl)ccc1Cl)n1cccn1. The lowest BCUT2D eigenvalue weighted by Gasteiger charge is -2.03. The predicted octanol–water partition coefficient (Wildman–Crippen LogP) is 2.88. The number of halogens is 2. The fraction of sp³-hybridized carbons (Fsp3) is 0. The Morgan fingerprint density at radius 1 is 1.33 bits per heavy atom. The molecule has 0 N–H and O–H groups in total. The molecule has 5 heteroatoms. The molecule has 0 unspecified atom stereocenters. The van der Waals surface area contributed by atoms with Crippen molar-refractivity contribution >= 4 is 29.1 Å². The standard InChI is InChI=1S/C10H6Cl2N2O/c11-7-2-3-9(12)8(6-7)10(15)14-5-1-4-13-14/h1-6H. The van der Waals surface area contributed by atoms with Gasteiger partial charge in [-0.15, -0.1) is 0 Å². The van der Waals surface area contributed by atoms with Crippen LogP contribution in [0.2, 0.25) is 10.0 Å². The molecule has 0 radical (unpaired) electrons. The minimum absolute atomic E-state index is 0.299. The third-order valence-corrected chi connectivity index (χ3v) is 2.44. The summed E-state index contributed by atoms with van der Waals surface area (Å²) in [4.78, 5) is 11.8. The molecule has 0 aliphatic heterocycles. The molecule has 0 spiro atoms. The number of benzene rings is 1. The second-order valence-corrected chi connectivity index (χ2v) is 3.72. The molecular formula is C10H6Cl2N2O. The zero-order valence-electron chi connectivity index (χ0n) is 7.52. The van der Waals surface area contributed by atoms with Crippen LogP contribution < -0.4 is 0 Å². The topological polar surface area (TPSA) is 34.9 Å². The zero-order chi connectivity index (χ0) is 10.8. The first-order chi connectivity index (χ1) is 7.18. The van der Waals surface area contributed by atoms with Crippen molar-refractivity contribution in [2.75, 3.05) is 0 Å². The van der Waals surface area contributed by atoms with Gasteiger partial charge in [0.05, 0.1) is 10.6 Å². The summed E-state index contributed by atoms with van der Waals surface area (Å²) in [6, 6.07) is 6.40. The molecule has 0 amide bonds. The molecule has 2 rings (SSSR count). The molecule has 0 atom stereocenters. The number of aromatic nitrogens is 2. The first-order valence-electron chi connectivity index (χ1n) is 4.18. The Balaban J connectivity index is 2.46. The van der Waals surface area contributed by atoms with E-state index in [4.69, 9.17) is 23.2 Å². The smallest absolute Gasteiger partial charge is 0.267 e. The van der Waals surface area contributed by atoms with E-state index in [-0.39, 0.29) is 5.91 Å². The van der Waals surface area contributed by atoms with E-state index in [2.05, 4.69) is 5.10 Å². The largest absolute Gasteiger partial charge is 0.279 e. The molecule has 0 fully saturated rings. The van der Waals surface area contributed by atoms with Crippen LogP contribution in [0.15, 0.2) is 36.7 Å². The molecule has 2 aromatic rings. The van der Waals surface area contributed by atoms with Gasteiger partial charge in [0.15, 0.2) is 0 Å². The van der Waals surface area contributed by atoms with Crippen LogP contribution in [-0.4, -0.2) is 15.7 Å². The van der Waals surface area contributed by atoms with Crippen molar-refractivity contribution in [3.63, 3.8) is 0 Å². The first-order valence-corrected chi connectivity index (χ1v) is 4.93. The number of hydrogen-bond acceptors (Lipinski definition) is 2. The minimum atomic E-state index is -0.299. The van der Waals surface area contributed by atoms with Crippen molar-refractivity contribution in [3.05, 3.63) is 52.3 Å². The van der Waals surface area contributed by atoms with Crippen LogP contribution in [0.3, 0.4) is 0 Å². The Hall–Kier alpha value is -1.32. The van der Waals surface area contributed by atoms with Crippen molar-refractivity contribution in [2.45, 2.75) is 0 Å². The fourth-order valence-corrected chi connectivity index (χ4v) is 1.54. The number of carbonyl (C=O) groups is 1. The second-order valence-electron chi connectivity index (χ2n) is 2.88. The van der Waals surface area contributed by atoms with Gasteiger partial charge in [-0.3, -0.25) is 4.79 Å². The Bertz CT molecular complexity index is 494. The highest BCUT2D eigenvalue weighted by Crippen LogP contribution is 2.21. The highest BCUT2D eigenvalue weighted by atomic mass is 35.5. The molecule has 0 aliphatic carbocycles. The van der Waals surface area contributed by atoms with Gasteiger partial charge >= 0.3 is 0 Å². The Labute approximate surface area is 96.2 Å². The molecule has 76 valence electrons. The summed E-state index contributed by atoms with van der Waals surface area (Å²) < 4.78 is 1.21. The molecule has 3 nitrogen and oxygen atoms in total. The Kier molecular flexibility index (Phi) is 2.75. The van der Waals surface area contributed by atoms with Gasteiger partial charge in [-0.05, 0) is 24.3 Å². The summed E-state index contributed by atoms with van der Waals surface area (Å²) in [5.74, 6) is -0.299. The summed E-state index contributed by atoms with van der Waals surface area (Å²) in [5, 5.41) is 4.66. The van der Waals surface area contributed by atoms with Crippen LogP contribution >= 0.6 is 23.2 Å². The highest BCUT2D eigenvalue weighted by Gasteiger charge is 2.12. The zero-order valence-corrected chi connectivity index (χ0v) is 9.03. The van der Waals surface area contributed by atoms with Crippen LogP contribution in [0, 0.1) is 0 Å². The van der Waals surface area contributed by atoms with Crippen LogP contribution in [0.4, 0.5) is 0 Å². The maximum absolute atomic E-state index is 11.8. The van der Waals surface area contributed by atoms with Crippen LogP contribution in [0.1, 0.15) is 10.4 Å². The van der Waals surface area contributed by atoms with E-state index in [1.165, 1.54) is 16.9 Å². The van der Waals surface area contributed by atoms with E-state index >= 15 is 0 Å². The normalized spacial score (nSPS) is 10.3. The average Bonchev–Trinajstić information content (AvgIpc) is 2.74. The molecule has 1 heterocycles. The van der Waals surface area contributed by atoms with Crippen molar-refractivity contribution in [3.8, 4) is 0 Å². The number of hydrogen-bond donors (Lipinski definition) is 0. The number of carbonyl (C=O) groups excluding carboxylic acids is 1. The van der Waals surface area contributed by atoms with Gasteiger partial charge in [0.1, 0.15) is 0 Å². The lowest BCUT2D eigenvalue weighted by Crippen LogP contribution is -2.12. The van der Waals surface area contributed by atoms with E-state index in [1.54, 1.807) is 24.4 Å². The lowest BCUT2D eigenvalue weighted by molar-refractivity contribution is 0.0945. The Morgan fingerprint density at radius 3 is 2.80 bits per heavy atom. The summed E-state index contributed by atoms with van der Waals surface area (Å²) in [6.45, 7) is 0. The van der Waals surface area contributed by atoms with E-state index in [0.717, 1.165) is 0 Å². The molecule has 0 aliphatic rings. The quantitative estimate of drug-likeness (QED) is 0.769. The summed E-state index contributed by atoms with van der Waals surface area (Å²) in [6.07, 6.45) is 3.08. The molecular weight excluding hydrogens is 235 g/mol. The van der Waals surface area contributed by atoms with Crippen molar-refractivity contribution in [1.82, 2.24) is 9.78 Å². The predicted molar refractivity (Wildman–Crippen MR) is 58.4 cm³/mol. The average molecular weight is 241 g/mol. The van der Waals surface area contributed by atoms with Gasteiger partial charge in [0, 0.05) is 17.4 Å².